The van der Waals surface area contributed by atoms with E-state index < -0.39 is 33.4 Å². The zero-order valence-corrected chi connectivity index (χ0v) is 28.6. The lowest BCUT2D eigenvalue weighted by atomic mass is 9.65. The maximum Gasteiger partial charge on any atom is 0.268 e. The van der Waals surface area contributed by atoms with Gasteiger partial charge in [0, 0.05) is 60.8 Å². The molecule has 12 nitrogen and oxygen atoms in total. The molecule has 2 aromatic rings. The third-order valence-electron chi connectivity index (χ3n) is 10.8. The van der Waals surface area contributed by atoms with E-state index in [1.807, 2.05) is 6.92 Å². The highest BCUT2D eigenvalue weighted by Gasteiger charge is 2.70. The van der Waals surface area contributed by atoms with Crippen LogP contribution in [0.3, 0.4) is 0 Å². The summed E-state index contributed by atoms with van der Waals surface area (Å²) >= 11 is 0. The van der Waals surface area contributed by atoms with Crippen LogP contribution < -0.4 is 14.2 Å². The number of sulfonamides is 1. The zero-order chi connectivity index (χ0) is 33.8. The number of allylic oxidation sites excluding steroid dienone is 2. The number of carbonyl (C=O) groups excluding carboxylic acids is 1. The van der Waals surface area contributed by atoms with Crippen molar-refractivity contribution < 1.29 is 27.4 Å². The number of carbonyl (C=O) groups is 1. The number of rotatable bonds is 9. The monoisotopic (exact) mass is 674 g/mol. The molecule has 3 atom stereocenters. The average molecular weight is 675 g/mol. The highest BCUT2D eigenvalue weighted by molar-refractivity contribution is 7.89. The second-order valence-electron chi connectivity index (χ2n) is 13.6. The normalized spacial score (nSPS) is 27.5. The van der Waals surface area contributed by atoms with Crippen LogP contribution in [0, 0.1) is 22.7 Å². The number of aromatic nitrogens is 1. The number of pyridine rings is 1. The number of piperidine rings is 1. The van der Waals surface area contributed by atoms with Gasteiger partial charge in [0.15, 0.2) is 0 Å². The van der Waals surface area contributed by atoms with Crippen molar-refractivity contribution in [2.75, 3.05) is 67.1 Å². The maximum absolute atomic E-state index is 15.4. The van der Waals surface area contributed by atoms with Gasteiger partial charge in [0.25, 0.3) is 15.9 Å². The summed E-state index contributed by atoms with van der Waals surface area (Å²) in [6, 6.07) is 10.1. The molecule has 0 N–H and O–H groups in total. The van der Waals surface area contributed by atoms with Crippen molar-refractivity contribution in [1.82, 2.24) is 24.0 Å². The van der Waals surface area contributed by atoms with Gasteiger partial charge < -0.3 is 19.1 Å². The van der Waals surface area contributed by atoms with Gasteiger partial charge in [-0.2, -0.15) is 5.26 Å². The number of benzene rings is 1. The lowest BCUT2D eigenvalue weighted by molar-refractivity contribution is -0.181. The summed E-state index contributed by atoms with van der Waals surface area (Å²) < 4.78 is 46.9. The molecular weight excluding hydrogens is 632 g/mol. The van der Waals surface area contributed by atoms with Gasteiger partial charge in [0.05, 0.1) is 39.1 Å². The molecule has 0 bridgehead atoms. The van der Waals surface area contributed by atoms with Crippen LogP contribution in [-0.2, 0) is 20.4 Å². The van der Waals surface area contributed by atoms with Crippen molar-refractivity contribution in [2.45, 2.75) is 42.3 Å². The van der Waals surface area contributed by atoms with Crippen LogP contribution in [0.1, 0.15) is 25.3 Å². The highest BCUT2D eigenvalue weighted by atomic mass is 32.2. The molecule has 1 aromatic heterocycles. The minimum atomic E-state index is -4.40. The summed E-state index contributed by atoms with van der Waals surface area (Å²) in [7, 11) is 0.769. The highest BCUT2D eigenvalue weighted by Crippen LogP contribution is 2.58. The maximum atomic E-state index is 15.4. The second kappa shape index (κ2) is 12.2. The number of amides is 1. The van der Waals surface area contributed by atoms with Gasteiger partial charge >= 0.3 is 0 Å². The summed E-state index contributed by atoms with van der Waals surface area (Å²) in [6.45, 7) is 7.46. The van der Waals surface area contributed by atoms with E-state index in [1.165, 1.54) is 25.4 Å². The van der Waals surface area contributed by atoms with E-state index in [0.29, 0.717) is 48.4 Å². The predicted octanol–water partition coefficient (Wildman–Crippen LogP) is 2.64. The SMILES string of the molecule is CCOc1ccc(OC)cc1[C@]1(N2CC3(CN(C4CCN(C)CC4)C3)C2)C(=O)N(S(=O)(=O)c2ccc(OC)nc2)C2C=CC(C#N)=CC21. The Morgan fingerprint density at radius 3 is 2.44 bits per heavy atom. The molecule has 4 saturated heterocycles. The Bertz CT molecular complexity index is 1780. The van der Waals surface area contributed by atoms with Gasteiger partial charge in [-0.25, -0.2) is 17.7 Å². The van der Waals surface area contributed by atoms with Crippen LogP contribution in [0.15, 0.2) is 65.2 Å². The first kappa shape index (κ1) is 32.6. The van der Waals surface area contributed by atoms with E-state index >= 15 is 4.79 Å². The molecule has 5 aliphatic rings. The van der Waals surface area contributed by atoms with Crippen molar-refractivity contribution in [3.05, 3.63) is 65.9 Å². The number of nitriles is 1. The molecule has 0 radical (unpaired) electrons. The first-order chi connectivity index (χ1) is 23.1. The van der Waals surface area contributed by atoms with Crippen LogP contribution in [0.2, 0.25) is 0 Å². The fourth-order valence-electron chi connectivity index (χ4n) is 8.48. The minimum absolute atomic E-state index is 0.00472. The number of hydrogen-bond acceptors (Lipinski definition) is 11. The predicted molar refractivity (Wildman–Crippen MR) is 177 cm³/mol. The molecule has 2 unspecified atom stereocenters. The summed E-state index contributed by atoms with van der Waals surface area (Å²) in [4.78, 5) is 26.5. The molecule has 5 heterocycles. The van der Waals surface area contributed by atoms with Gasteiger partial charge in [-0.15, -0.1) is 0 Å². The van der Waals surface area contributed by atoms with E-state index in [9.17, 15) is 13.7 Å². The molecule has 4 aliphatic heterocycles. The van der Waals surface area contributed by atoms with E-state index in [2.05, 4.69) is 32.8 Å². The van der Waals surface area contributed by atoms with Crippen molar-refractivity contribution >= 4 is 15.9 Å². The third kappa shape index (κ3) is 5.00. The molecule has 13 heteroatoms. The molecule has 7 rings (SSSR count). The Balaban J connectivity index is 1.33. The van der Waals surface area contributed by atoms with Crippen molar-refractivity contribution in [2.24, 2.45) is 11.3 Å². The Hall–Kier alpha value is -3.96. The summed E-state index contributed by atoms with van der Waals surface area (Å²) in [5.41, 5.74) is -0.607. The number of fused-ring (bicyclic) bond motifs is 1. The molecule has 0 saturated carbocycles. The number of likely N-dealkylation sites (tertiary alicyclic amines) is 3. The fraction of sp³-hybridized carbons (Fsp3) is 0.514. The third-order valence-corrected chi connectivity index (χ3v) is 12.6. The van der Waals surface area contributed by atoms with E-state index in [-0.39, 0.29) is 16.2 Å². The molecule has 254 valence electrons. The Labute approximate surface area is 282 Å². The number of methoxy groups -OCH3 is 2. The number of ether oxygens (including phenoxy) is 3. The minimum Gasteiger partial charge on any atom is -0.497 e. The largest absolute Gasteiger partial charge is 0.497 e. The average Bonchev–Trinajstić information content (AvgIpc) is 3.32. The Morgan fingerprint density at radius 2 is 1.81 bits per heavy atom. The van der Waals surface area contributed by atoms with Crippen molar-refractivity contribution in [3.63, 3.8) is 0 Å². The quantitative estimate of drug-likeness (QED) is 0.390. The van der Waals surface area contributed by atoms with Crippen molar-refractivity contribution in [3.8, 4) is 23.4 Å². The molecule has 1 spiro atoms. The zero-order valence-electron chi connectivity index (χ0n) is 27.8. The Morgan fingerprint density at radius 1 is 1.06 bits per heavy atom. The topological polar surface area (TPSA) is 129 Å². The first-order valence-corrected chi connectivity index (χ1v) is 17.9. The van der Waals surface area contributed by atoms with Gasteiger partial charge in [-0.05, 0) is 70.2 Å². The van der Waals surface area contributed by atoms with Crippen LogP contribution in [0.4, 0.5) is 0 Å². The van der Waals surface area contributed by atoms with Crippen LogP contribution >= 0.6 is 0 Å². The van der Waals surface area contributed by atoms with Crippen molar-refractivity contribution in [1.29, 1.82) is 5.26 Å². The van der Waals surface area contributed by atoms with E-state index in [1.54, 1.807) is 43.5 Å². The summed E-state index contributed by atoms with van der Waals surface area (Å²) in [5.74, 6) is -0.0736. The lowest BCUT2D eigenvalue weighted by Crippen LogP contribution is -2.78. The van der Waals surface area contributed by atoms with Gasteiger partial charge in [-0.3, -0.25) is 14.6 Å². The smallest absolute Gasteiger partial charge is 0.268 e. The number of hydrogen-bond donors (Lipinski definition) is 0. The molecule has 1 aromatic carbocycles. The van der Waals surface area contributed by atoms with E-state index in [0.717, 1.165) is 43.3 Å². The molecule has 1 aliphatic carbocycles. The van der Waals surface area contributed by atoms with Gasteiger partial charge in [0.1, 0.15) is 21.9 Å². The van der Waals surface area contributed by atoms with Crippen LogP contribution in [0.5, 0.6) is 17.4 Å². The molecule has 4 fully saturated rings. The molecule has 48 heavy (non-hydrogen) atoms. The molecular formula is C35H42N6O6S. The van der Waals surface area contributed by atoms with Crippen LogP contribution in [0.25, 0.3) is 0 Å². The first-order valence-electron chi connectivity index (χ1n) is 16.5. The molecule has 1 amide bonds. The summed E-state index contributed by atoms with van der Waals surface area (Å²) in [6.07, 6.45) is 8.52. The second-order valence-corrected chi connectivity index (χ2v) is 15.4. The summed E-state index contributed by atoms with van der Waals surface area (Å²) in [5, 5.41) is 10.0. The lowest BCUT2D eigenvalue weighted by Gasteiger charge is -2.66. The van der Waals surface area contributed by atoms with Gasteiger partial charge in [-0.1, -0.05) is 12.2 Å². The van der Waals surface area contributed by atoms with E-state index in [4.69, 9.17) is 14.2 Å². The van der Waals surface area contributed by atoms with Crippen LogP contribution in [-0.4, -0.2) is 118 Å². The Kier molecular flexibility index (Phi) is 8.26. The standard InChI is InChI=1S/C35H42N6O6S/c1-5-47-31-10-7-26(45-3)17-29(31)35(40-22-34(23-40)20-39(21-34)25-12-14-38(2)15-13-25)28-16-24(18-36)6-9-30(28)41(33(35)42)48(43,44)27-8-11-32(46-4)37-19-27/h6-11,16-17,19,25,28,30H,5,12-15,20-23H2,1-4H3/t28?,30?,35-/m0/s1. The number of nitrogens with zero attached hydrogens (tertiary/aromatic N) is 6. The fourth-order valence-corrected chi connectivity index (χ4v) is 10.0. The van der Waals surface area contributed by atoms with Gasteiger partial charge in [0.2, 0.25) is 5.88 Å².